The van der Waals surface area contributed by atoms with Crippen molar-refractivity contribution in [3.05, 3.63) is 29.6 Å². The minimum Gasteiger partial charge on any atom is -0.381 e. The Morgan fingerprint density at radius 2 is 2.00 bits per heavy atom. The topological polar surface area (TPSA) is 32.3 Å². The summed E-state index contributed by atoms with van der Waals surface area (Å²) in [5.74, 6) is -0.805. The number of alkyl halides is 3. The number of benzene rings is 1. The molecule has 2 rings (SSSR count). The molecule has 0 aliphatic carbocycles. The van der Waals surface area contributed by atoms with Crippen molar-refractivity contribution < 1.29 is 22.7 Å². The average molecular weight is 221 g/mol. The number of hydrogen-bond acceptors (Lipinski definition) is 2. The van der Waals surface area contributed by atoms with Gasteiger partial charge in [-0.2, -0.15) is 13.2 Å². The molecule has 1 aromatic rings. The first-order chi connectivity index (χ1) is 6.84. The van der Waals surface area contributed by atoms with Crippen LogP contribution in [0.15, 0.2) is 18.2 Å². The molecule has 0 unspecified atom stereocenters. The van der Waals surface area contributed by atoms with E-state index in [1.165, 1.54) is 6.07 Å². The van der Waals surface area contributed by atoms with Gasteiger partial charge in [0.05, 0.1) is 6.54 Å². The summed E-state index contributed by atoms with van der Waals surface area (Å²) < 4.78 is 50.4. The second-order valence-electron chi connectivity index (χ2n) is 3.40. The van der Waals surface area contributed by atoms with Gasteiger partial charge in [0.2, 0.25) is 5.60 Å². The van der Waals surface area contributed by atoms with E-state index in [-0.39, 0.29) is 5.69 Å². The maximum absolute atomic E-state index is 12.8. The SMILES string of the molecule is O[C@]1(C(F)(F)F)CNc2ccc(F)cc21. The zero-order valence-electron chi connectivity index (χ0n) is 7.40. The molecule has 0 saturated heterocycles. The molecule has 0 bridgehead atoms. The highest BCUT2D eigenvalue weighted by Gasteiger charge is 2.58. The monoisotopic (exact) mass is 221 g/mol. The molecule has 1 aliphatic heterocycles. The van der Waals surface area contributed by atoms with Gasteiger partial charge in [0.1, 0.15) is 5.82 Å². The largest absolute Gasteiger partial charge is 0.423 e. The highest BCUT2D eigenvalue weighted by Crippen LogP contribution is 2.45. The third-order valence-electron chi connectivity index (χ3n) is 2.43. The molecule has 0 amide bonds. The number of fused-ring (bicyclic) bond motifs is 1. The molecule has 1 aliphatic rings. The lowest BCUT2D eigenvalue weighted by molar-refractivity contribution is -0.258. The maximum atomic E-state index is 12.8. The van der Waals surface area contributed by atoms with Crippen LogP contribution in [0.1, 0.15) is 5.56 Å². The van der Waals surface area contributed by atoms with Crippen LogP contribution in [0.2, 0.25) is 0 Å². The zero-order valence-corrected chi connectivity index (χ0v) is 7.40. The fourth-order valence-electron chi connectivity index (χ4n) is 1.58. The molecule has 1 atom stereocenters. The van der Waals surface area contributed by atoms with Crippen molar-refractivity contribution in [1.82, 2.24) is 0 Å². The third kappa shape index (κ3) is 1.36. The molecule has 0 fully saturated rings. The van der Waals surface area contributed by atoms with Crippen LogP contribution >= 0.6 is 0 Å². The van der Waals surface area contributed by atoms with E-state index < -0.39 is 29.7 Å². The first-order valence-electron chi connectivity index (χ1n) is 4.17. The second kappa shape index (κ2) is 2.85. The van der Waals surface area contributed by atoms with Crippen LogP contribution < -0.4 is 5.32 Å². The molecule has 2 nitrogen and oxygen atoms in total. The van der Waals surface area contributed by atoms with Crippen molar-refractivity contribution in [2.45, 2.75) is 11.8 Å². The molecule has 1 aromatic carbocycles. The molecule has 6 heteroatoms. The minimum atomic E-state index is -4.82. The first kappa shape index (κ1) is 10.2. The lowest BCUT2D eigenvalue weighted by atomic mass is 9.95. The average Bonchev–Trinajstić information content (AvgIpc) is 2.44. The summed E-state index contributed by atoms with van der Waals surface area (Å²) in [4.78, 5) is 0. The van der Waals surface area contributed by atoms with Crippen LogP contribution in [-0.4, -0.2) is 17.8 Å². The highest BCUT2D eigenvalue weighted by atomic mass is 19.4. The van der Waals surface area contributed by atoms with E-state index >= 15 is 0 Å². The van der Waals surface area contributed by atoms with E-state index in [9.17, 15) is 22.7 Å². The van der Waals surface area contributed by atoms with Gasteiger partial charge in [-0.1, -0.05) is 0 Å². The lowest BCUT2D eigenvalue weighted by Gasteiger charge is -2.25. The van der Waals surface area contributed by atoms with Crippen LogP contribution in [0, 0.1) is 5.82 Å². The smallest absolute Gasteiger partial charge is 0.381 e. The Morgan fingerprint density at radius 3 is 2.60 bits per heavy atom. The van der Waals surface area contributed by atoms with Crippen molar-refractivity contribution >= 4 is 5.69 Å². The molecule has 82 valence electrons. The number of nitrogens with one attached hydrogen (secondary N) is 1. The van der Waals surface area contributed by atoms with Gasteiger partial charge in [-0.3, -0.25) is 0 Å². The Labute approximate surface area is 82.5 Å². The molecule has 0 aromatic heterocycles. The van der Waals surface area contributed by atoms with Crippen LogP contribution in [0.25, 0.3) is 0 Å². The van der Waals surface area contributed by atoms with Gasteiger partial charge in [-0.05, 0) is 18.2 Å². The molecular weight excluding hydrogens is 214 g/mol. The Kier molecular flexibility index (Phi) is 1.94. The van der Waals surface area contributed by atoms with E-state index in [1.54, 1.807) is 0 Å². The summed E-state index contributed by atoms with van der Waals surface area (Å²) in [6.07, 6.45) is -4.82. The Morgan fingerprint density at radius 1 is 1.33 bits per heavy atom. The summed E-state index contributed by atoms with van der Waals surface area (Å²) >= 11 is 0. The summed E-state index contributed by atoms with van der Waals surface area (Å²) in [6.45, 7) is -0.685. The fraction of sp³-hybridized carbons (Fsp3) is 0.333. The first-order valence-corrected chi connectivity index (χ1v) is 4.17. The predicted octanol–water partition coefficient (Wildman–Crippen LogP) is 2.00. The van der Waals surface area contributed by atoms with Crippen molar-refractivity contribution in [2.24, 2.45) is 0 Å². The van der Waals surface area contributed by atoms with Crippen LogP contribution in [0.3, 0.4) is 0 Å². The van der Waals surface area contributed by atoms with Crippen LogP contribution in [0.5, 0.6) is 0 Å². The van der Waals surface area contributed by atoms with E-state index in [0.29, 0.717) is 6.07 Å². The normalized spacial score (nSPS) is 24.9. The zero-order chi connectivity index (χ0) is 11.3. The summed E-state index contributed by atoms with van der Waals surface area (Å²) in [5, 5.41) is 11.8. The number of rotatable bonds is 0. The summed E-state index contributed by atoms with van der Waals surface area (Å²) in [6, 6.07) is 2.91. The Balaban J connectivity index is 2.56. The van der Waals surface area contributed by atoms with Gasteiger partial charge >= 0.3 is 6.18 Å². The van der Waals surface area contributed by atoms with Crippen molar-refractivity contribution in [2.75, 3.05) is 11.9 Å². The summed E-state index contributed by atoms with van der Waals surface area (Å²) in [7, 11) is 0. The summed E-state index contributed by atoms with van der Waals surface area (Å²) in [5.41, 5.74) is -3.35. The van der Waals surface area contributed by atoms with Crippen molar-refractivity contribution in [3.63, 3.8) is 0 Å². The van der Waals surface area contributed by atoms with Gasteiger partial charge < -0.3 is 10.4 Å². The predicted molar refractivity (Wildman–Crippen MR) is 44.8 cm³/mol. The van der Waals surface area contributed by atoms with E-state index in [0.717, 1.165) is 6.07 Å². The number of anilines is 1. The van der Waals surface area contributed by atoms with Gasteiger partial charge in [0.15, 0.2) is 0 Å². The molecule has 0 radical (unpaired) electrons. The quantitative estimate of drug-likeness (QED) is 0.657. The van der Waals surface area contributed by atoms with Gasteiger partial charge in [-0.15, -0.1) is 0 Å². The Bertz CT molecular complexity index is 404. The number of β-amino-alcohol motifs (C(OH)–C–C–N with tert-alkyl or cyclic N) is 1. The highest BCUT2D eigenvalue weighted by molar-refractivity contribution is 5.59. The van der Waals surface area contributed by atoms with Crippen LogP contribution in [-0.2, 0) is 5.60 Å². The lowest BCUT2D eigenvalue weighted by Crippen LogP contribution is -2.43. The molecule has 2 N–H and O–H groups in total. The molecule has 15 heavy (non-hydrogen) atoms. The maximum Gasteiger partial charge on any atom is 0.423 e. The van der Waals surface area contributed by atoms with Gasteiger partial charge in [0, 0.05) is 11.3 Å². The standard InChI is InChI=1S/C9H7F4NO/c10-5-1-2-7-6(3-5)8(15,4-14-7)9(11,12)13/h1-3,14-15H,4H2/t8-/m1/s1. The molecular formula is C9H7F4NO. The number of halogens is 4. The Hall–Kier alpha value is -1.30. The second-order valence-corrected chi connectivity index (χ2v) is 3.40. The third-order valence-corrected chi connectivity index (χ3v) is 2.43. The minimum absolute atomic E-state index is 0.108. The molecule has 0 spiro atoms. The van der Waals surface area contributed by atoms with Gasteiger partial charge in [0.25, 0.3) is 0 Å². The molecule has 1 heterocycles. The van der Waals surface area contributed by atoms with Gasteiger partial charge in [-0.25, -0.2) is 4.39 Å². The van der Waals surface area contributed by atoms with Crippen molar-refractivity contribution in [1.29, 1.82) is 0 Å². The van der Waals surface area contributed by atoms with E-state index in [2.05, 4.69) is 5.32 Å². The van der Waals surface area contributed by atoms with E-state index in [4.69, 9.17) is 0 Å². The van der Waals surface area contributed by atoms with Crippen molar-refractivity contribution in [3.8, 4) is 0 Å². The fourth-order valence-corrected chi connectivity index (χ4v) is 1.58. The number of aliphatic hydroxyl groups is 1. The molecule has 0 saturated carbocycles. The van der Waals surface area contributed by atoms with E-state index in [1.807, 2.05) is 0 Å². The van der Waals surface area contributed by atoms with Crippen LogP contribution in [0.4, 0.5) is 23.2 Å². The number of hydrogen-bond donors (Lipinski definition) is 2.